The van der Waals surface area contributed by atoms with E-state index in [-0.39, 0.29) is 29.4 Å². The number of pyridine rings is 1. The molecule has 1 heterocycles. The topological polar surface area (TPSA) is 71.1 Å². The summed E-state index contributed by atoms with van der Waals surface area (Å²) in [7, 11) is 0. The summed E-state index contributed by atoms with van der Waals surface area (Å²) in [4.78, 5) is 27.7. The molecule has 0 saturated heterocycles. The van der Waals surface area contributed by atoms with Gasteiger partial charge in [0.1, 0.15) is 5.69 Å². The molecule has 1 aromatic carbocycles. The monoisotopic (exact) mass is 317 g/mol. The van der Waals surface area contributed by atoms with Crippen molar-refractivity contribution in [3.8, 4) is 0 Å². The zero-order valence-electron chi connectivity index (χ0n) is 12.0. The summed E-state index contributed by atoms with van der Waals surface area (Å²) in [5.41, 5.74) is 0.301. The molecule has 0 fully saturated rings. The highest BCUT2D eigenvalue weighted by molar-refractivity contribution is 6.04. The van der Waals surface area contributed by atoms with Gasteiger partial charge in [-0.25, -0.2) is 8.78 Å². The second-order valence-corrected chi connectivity index (χ2v) is 4.51. The molecule has 7 heteroatoms. The van der Waals surface area contributed by atoms with Gasteiger partial charge in [-0.2, -0.15) is 0 Å². The Morgan fingerprint density at radius 2 is 1.91 bits per heavy atom. The maximum atomic E-state index is 13.1. The van der Waals surface area contributed by atoms with Gasteiger partial charge in [-0.3, -0.25) is 14.6 Å². The Kier molecular flexibility index (Phi) is 5.14. The van der Waals surface area contributed by atoms with Crippen molar-refractivity contribution in [3.63, 3.8) is 0 Å². The molecule has 0 spiro atoms. The average molecular weight is 317 g/mol. The van der Waals surface area contributed by atoms with Gasteiger partial charge >= 0.3 is 0 Å². The zero-order chi connectivity index (χ0) is 16.8. The molecule has 2 rings (SSSR count). The molecule has 0 aliphatic rings. The van der Waals surface area contributed by atoms with E-state index in [0.29, 0.717) is 0 Å². The minimum Gasteiger partial charge on any atom is -0.349 e. The van der Waals surface area contributed by atoms with Crippen LogP contribution in [-0.2, 0) is 0 Å². The third-order valence-electron chi connectivity index (χ3n) is 2.84. The number of aromatic nitrogens is 1. The van der Waals surface area contributed by atoms with Crippen LogP contribution in [0.2, 0.25) is 0 Å². The highest BCUT2D eigenvalue weighted by Gasteiger charge is 2.12. The fourth-order valence-electron chi connectivity index (χ4n) is 1.73. The highest BCUT2D eigenvalue weighted by Crippen LogP contribution is 2.14. The number of nitrogens with one attached hydrogen (secondary N) is 2. The lowest BCUT2D eigenvalue weighted by Gasteiger charge is -2.07. The maximum absolute atomic E-state index is 13.1. The summed E-state index contributed by atoms with van der Waals surface area (Å²) in [5, 5.41) is 4.95. The predicted molar refractivity (Wildman–Crippen MR) is 81.1 cm³/mol. The molecule has 0 radical (unpaired) electrons. The van der Waals surface area contributed by atoms with E-state index in [0.717, 1.165) is 12.1 Å². The molecule has 1 aromatic heterocycles. The first-order valence-corrected chi connectivity index (χ1v) is 6.63. The first-order chi connectivity index (χ1) is 11.0. The van der Waals surface area contributed by atoms with Gasteiger partial charge in [0.05, 0.1) is 0 Å². The Morgan fingerprint density at radius 1 is 1.13 bits per heavy atom. The Balaban J connectivity index is 2.14. The molecule has 0 saturated carbocycles. The molecule has 0 aliphatic carbocycles. The Morgan fingerprint density at radius 3 is 2.61 bits per heavy atom. The fraction of sp³-hybridized carbons (Fsp3) is 0.0625. The van der Waals surface area contributed by atoms with E-state index in [1.165, 1.54) is 30.5 Å². The molecular formula is C16H13F2N3O2. The third-order valence-corrected chi connectivity index (χ3v) is 2.84. The summed E-state index contributed by atoms with van der Waals surface area (Å²) in [5.74, 6) is -3.11. The van der Waals surface area contributed by atoms with Gasteiger partial charge in [0, 0.05) is 30.1 Å². The van der Waals surface area contributed by atoms with E-state index in [1.54, 1.807) is 0 Å². The van der Waals surface area contributed by atoms with E-state index in [1.807, 2.05) is 0 Å². The molecular weight excluding hydrogens is 304 g/mol. The number of nitrogens with zero attached hydrogens (tertiary/aromatic N) is 1. The van der Waals surface area contributed by atoms with Gasteiger partial charge in [-0.05, 0) is 24.3 Å². The SMILES string of the molecule is C=CCNC(=O)c1ccnc(C(=O)Nc2ccc(F)c(F)c2)c1. The second-order valence-electron chi connectivity index (χ2n) is 4.51. The van der Waals surface area contributed by atoms with Crippen molar-refractivity contribution in [2.75, 3.05) is 11.9 Å². The van der Waals surface area contributed by atoms with Crippen molar-refractivity contribution in [3.05, 3.63) is 72.1 Å². The first-order valence-electron chi connectivity index (χ1n) is 6.63. The van der Waals surface area contributed by atoms with Crippen molar-refractivity contribution in [2.24, 2.45) is 0 Å². The van der Waals surface area contributed by atoms with Crippen LogP contribution in [0.4, 0.5) is 14.5 Å². The number of benzene rings is 1. The molecule has 2 amide bonds. The summed E-state index contributed by atoms with van der Waals surface area (Å²) in [6.07, 6.45) is 2.83. The predicted octanol–water partition coefficient (Wildman–Crippen LogP) is 2.53. The van der Waals surface area contributed by atoms with Crippen LogP contribution in [0.5, 0.6) is 0 Å². The molecule has 0 bridgehead atoms. The molecule has 2 N–H and O–H groups in total. The highest BCUT2D eigenvalue weighted by atomic mass is 19.2. The summed E-state index contributed by atoms with van der Waals surface area (Å²) in [6, 6.07) is 5.72. The number of carbonyl (C=O) groups is 2. The minimum atomic E-state index is -1.08. The van der Waals surface area contributed by atoms with Crippen LogP contribution in [-0.4, -0.2) is 23.3 Å². The maximum Gasteiger partial charge on any atom is 0.274 e. The second kappa shape index (κ2) is 7.26. The number of amides is 2. The lowest BCUT2D eigenvalue weighted by molar-refractivity contribution is 0.0958. The van der Waals surface area contributed by atoms with Crippen LogP contribution in [0.25, 0.3) is 0 Å². The standard InChI is InChI=1S/C16H13F2N3O2/c1-2-6-20-15(22)10-5-7-19-14(8-10)16(23)21-11-3-4-12(17)13(18)9-11/h2-5,7-9H,1,6H2,(H,20,22)(H,21,23). The minimum absolute atomic E-state index is 0.0269. The Bertz CT molecular complexity index is 763. The fourth-order valence-corrected chi connectivity index (χ4v) is 1.73. The number of hydrogen-bond acceptors (Lipinski definition) is 3. The molecule has 0 unspecified atom stereocenters. The number of halogens is 2. The molecule has 0 atom stereocenters. The summed E-state index contributed by atoms with van der Waals surface area (Å²) < 4.78 is 26.0. The van der Waals surface area contributed by atoms with Crippen LogP contribution >= 0.6 is 0 Å². The molecule has 0 aliphatic heterocycles. The first kappa shape index (κ1) is 16.3. The van der Waals surface area contributed by atoms with Crippen molar-refractivity contribution in [1.82, 2.24) is 10.3 Å². The van der Waals surface area contributed by atoms with Crippen LogP contribution in [0, 0.1) is 11.6 Å². The molecule has 23 heavy (non-hydrogen) atoms. The van der Waals surface area contributed by atoms with Crippen molar-refractivity contribution in [1.29, 1.82) is 0 Å². The zero-order valence-corrected chi connectivity index (χ0v) is 12.0. The molecule has 2 aromatic rings. The van der Waals surface area contributed by atoms with Crippen molar-refractivity contribution in [2.45, 2.75) is 0 Å². The van der Waals surface area contributed by atoms with Crippen LogP contribution in [0.3, 0.4) is 0 Å². The van der Waals surface area contributed by atoms with E-state index in [9.17, 15) is 18.4 Å². The van der Waals surface area contributed by atoms with Gasteiger partial charge < -0.3 is 10.6 Å². The van der Waals surface area contributed by atoms with Crippen LogP contribution in [0.1, 0.15) is 20.8 Å². The Labute approximate surface area is 131 Å². The van der Waals surface area contributed by atoms with E-state index < -0.39 is 17.5 Å². The van der Waals surface area contributed by atoms with Crippen LogP contribution < -0.4 is 10.6 Å². The third kappa shape index (κ3) is 4.19. The van der Waals surface area contributed by atoms with Gasteiger partial charge in [0.15, 0.2) is 11.6 Å². The van der Waals surface area contributed by atoms with Gasteiger partial charge in [-0.1, -0.05) is 6.08 Å². The van der Waals surface area contributed by atoms with Gasteiger partial charge in [-0.15, -0.1) is 6.58 Å². The van der Waals surface area contributed by atoms with E-state index in [4.69, 9.17) is 0 Å². The number of carbonyl (C=O) groups excluding carboxylic acids is 2. The van der Waals surface area contributed by atoms with Gasteiger partial charge in [0.25, 0.3) is 11.8 Å². The van der Waals surface area contributed by atoms with E-state index >= 15 is 0 Å². The molecule has 5 nitrogen and oxygen atoms in total. The number of hydrogen-bond donors (Lipinski definition) is 2. The quantitative estimate of drug-likeness (QED) is 0.833. The van der Waals surface area contributed by atoms with Gasteiger partial charge in [0.2, 0.25) is 0 Å². The normalized spacial score (nSPS) is 10.0. The largest absolute Gasteiger partial charge is 0.349 e. The average Bonchev–Trinajstić information content (AvgIpc) is 2.56. The smallest absolute Gasteiger partial charge is 0.274 e. The number of rotatable bonds is 5. The van der Waals surface area contributed by atoms with Crippen molar-refractivity contribution < 1.29 is 18.4 Å². The number of anilines is 1. The summed E-state index contributed by atoms with van der Waals surface area (Å²) >= 11 is 0. The van der Waals surface area contributed by atoms with Crippen LogP contribution in [0.15, 0.2) is 49.2 Å². The summed E-state index contributed by atoms with van der Waals surface area (Å²) in [6.45, 7) is 3.77. The van der Waals surface area contributed by atoms with Crippen molar-refractivity contribution >= 4 is 17.5 Å². The Hall–Kier alpha value is -3.09. The lowest BCUT2D eigenvalue weighted by atomic mass is 10.2. The molecule has 118 valence electrons. The van der Waals surface area contributed by atoms with E-state index in [2.05, 4.69) is 22.2 Å². The lowest BCUT2D eigenvalue weighted by Crippen LogP contribution is -2.24.